The van der Waals surface area contributed by atoms with E-state index < -0.39 is 6.04 Å². The van der Waals surface area contributed by atoms with E-state index in [0.717, 1.165) is 21.3 Å². The fourth-order valence-corrected chi connectivity index (χ4v) is 3.62. The standard InChI is InChI=1S/C19H19BrN4O2S/c1-11-16(13-6-8-14(20)9-7-13)17(24(3)23-11)22-18(25)12(2)21-19(26)15-5-4-10-27-15/h4-10,12H,1-3H3,(H,21,26)(H,22,25). The first kappa shape index (κ1) is 19.3. The Balaban J connectivity index is 1.79. The number of halogens is 1. The second-order valence-electron chi connectivity index (χ2n) is 6.10. The van der Waals surface area contributed by atoms with Crippen LogP contribution < -0.4 is 10.6 Å². The second kappa shape index (κ2) is 8.06. The van der Waals surface area contributed by atoms with E-state index in [1.165, 1.54) is 11.3 Å². The number of nitrogens with one attached hydrogen (secondary N) is 2. The van der Waals surface area contributed by atoms with E-state index in [-0.39, 0.29) is 11.8 Å². The third kappa shape index (κ3) is 4.28. The Kier molecular flexibility index (Phi) is 5.76. The highest BCUT2D eigenvalue weighted by Crippen LogP contribution is 2.31. The zero-order valence-electron chi connectivity index (χ0n) is 15.1. The highest BCUT2D eigenvalue weighted by atomic mass is 79.9. The third-order valence-corrected chi connectivity index (χ3v) is 5.48. The third-order valence-electron chi connectivity index (χ3n) is 4.08. The molecular formula is C19H19BrN4O2S. The summed E-state index contributed by atoms with van der Waals surface area (Å²) in [4.78, 5) is 25.4. The van der Waals surface area contributed by atoms with Crippen LogP contribution in [0.3, 0.4) is 0 Å². The summed E-state index contributed by atoms with van der Waals surface area (Å²) in [6.07, 6.45) is 0. The monoisotopic (exact) mass is 446 g/mol. The summed E-state index contributed by atoms with van der Waals surface area (Å²) in [5.41, 5.74) is 2.62. The van der Waals surface area contributed by atoms with Crippen LogP contribution in [-0.4, -0.2) is 27.6 Å². The molecule has 0 radical (unpaired) electrons. The molecule has 0 spiro atoms. The predicted octanol–water partition coefficient (Wildman–Crippen LogP) is 3.98. The quantitative estimate of drug-likeness (QED) is 0.622. The lowest BCUT2D eigenvalue weighted by atomic mass is 10.1. The van der Waals surface area contributed by atoms with Gasteiger partial charge in [-0.1, -0.05) is 34.1 Å². The van der Waals surface area contributed by atoms with Crippen LogP contribution >= 0.6 is 27.3 Å². The van der Waals surface area contributed by atoms with E-state index in [4.69, 9.17) is 0 Å². The first-order valence-corrected chi connectivity index (χ1v) is 9.99. The zero-order valence-corrected chi connectivity index (χ0v) is 17.5. The van der Waals surface area contributed by atoms with E-state index in [0.29, 0.717) is 10.7 Å². The zero-order chi connectivity index (χ0) is 19.6. The number of anilines is 1. The maximum Gasteiger partial charge on any atom is 0.261 e. The highest BCUT2D eigenvalue weighted by molar-refractivity contribution is 9.10. The summed E-state index contributed by atoms with van der Waals surface area (Å²) in [6.45, 7) is 3.55. The lowest BCUT2D eigenvalue weighted by Crippen LogP contribution is -2.41. The van der Waals surface area contributed by atoms with Gasteiger partial charge in [-0.15, -0.1) is 11.3 Å². The van der Waals surface area contributed by atoms with Crippen molar-refractivity contribution in [1.29, 1.82) is 0 Å². The van der Waals surface area contributed by atoms with Gasteiger partial charge in [-0.05, 0) is 43.0 Å². The van der Waals surface area contributed by atoms with Gasteiger partial charge in [0.2, 0.25) is 5.91 Å². The summed E-state index contributed by atoms with van der Waals surface area (Å²) in [7, 11) is 1.78. The molecule has 0 saturated carbocycles. The van der Waals surface area contributed by atoms with Gasteiger partial charge >= 0.3 is 0 Å². The fourth-order valence-electron chi connectivity index (χ4n) is 2.73. The number of nitrogens with zero attached hydrogens (tertiary/aromatic N) is 2. The molecule has 6 nitrogen and oxygen atoms in total. The maximum absolute atomic E-state index is 12.6. The first-order valence-electron chi connectivity index (χ1n) is 8.31. The van der Waals surface area contributed by atoms with Gasteiger partial charge in [-0.2, -0.15) is 5.10 Å². The molecule has 0 bridgehead atoms. The van der Waals surface area contributed by atoms with Crippen molar-refractivity contribution in [3.63, 3.8) is 0 Å². The van der Waals surface area contributed by atoms with Crippen LogP contribution in [0.1, 0.15) is 22.3 Å². The minimum Gasteiger partial charge on any atom is -0.340 e. The average molecular weight is 447 g/mol. The van der Waals surface area contributed by atoms with Crippen LogP contribution in [0.2, 0.25) is 0 Å². The van der Waals surface area contributed by atoms with Crippen LogP contribution in [0.4, 0.5) is 5.82 Å². The Bertz CT molecular complexity index is 965. The number of aromatic nitrogens is 2. The van der Waals surface area contributed by atoms with Gasteiger partial charge in [0.15, 0.2) is 0 Å². The number of benzene rings is 1. The number of hydrogen-bond acceptors (Lipinski definition) is 4. The number of thiophene rings is 1. The second-order valence-corrected chi connectivity index (χ2v) is 7.96. The molecule has 0 fully saturated rings. The van der Waals surface area contributed by atoms with Crippen LogP contribution in [0.15, 0.2) is 46.3 Å². The summed E-state index contributed by atoms with van der Waals surface area (Å²) in [5.74, 6) is 0.0280. The van der Waals surface area contributed by atoms with E-state index in [9.17, 15) is 9.59 Å². The van der Waals surface area contributed by atoms with Gasteiger partial charge < -0.3 is 10.6 Å². The molecule has 27 heavy (non-hydrogen) atoms. The predicted molar refractivity (Wildman–Crippen MR) is 111 cm³/mol. The SMILES string of the molecule is Cc1nn(C)c(NC(=O)C(C)NC(=O)c2cccs2)c1-c1ccc(Br)cc1. The molecule has 0 saturated heterocycles. The van der Waals surface area contributed by atoms with E-state index in [1.807, 2.05) is 36.6 Å². The van der Waals surface area contributed by atoms with Crippen LogP contribution in [-0.2, 0) is 11.8 Å². The van der Waals surface area contributed by atoms with E-state index in [1.54, 1.807) is 30.8 Å². The van der Waals surface area contributed by atoms with Crippen LogP contribution in [0.25, 0.3) is 11.1 Å². The fraction of sp³-hybridized carbons (Fsp3) is 0.211. The Morgan fingerprint density at radius 1 is 1.22 bits per heavy atom. The van der Waals surface area contributed by atoms with Gasteiger partial charge in [-0.3, -0.25) is 14.3 Å². The van der Waals surface area contributed by atoms with Crippen molar-refractivity contribution in [2.24, 2.45) is 7.05 Å². The van der Waals surface area contributed by atoms with Gasteiger partial charge in [0, 0.05) is 17.1 Å². The molecule has 3 aromatic rings. The largest absolute Gasteiger partial charge is 0.340 e. The van der Waals surface area contributed by atoms with Gasteiger partial charge in [0.25, 0.3) is 5.91 Å². The number of amides is 2. The lowest BCUT2D eigenvalue weighted by Gasteiger charge is -2.15. The number of aryl methyl sites for hydroxylation is 2. The molecule has 0 aliphatic carbocycles. The smallest absolute Gasteiger partial charge is 0.261 e. The number of hydrogen-bond donors (Lipinski definition) is 2. The molecule has 1 atom stereocenters. The molecule has 2 heterocycles. The molecule has 2 N–H and O–H groups in total. The molecule has 3 rings (SSSR count). The number of carbonyl (C=O) groups excluding carboxylic acids is 2. The average Bonchev–Trinajstić information content (AvgIpc) is 3.25. The summed E-state index contributed by atoms with van der Waals surface area (Å²) >= 11 is 4.76. The Morgan fingerprint density at radius 2 is 1.93 bits per heavy atom. The normalized spacial score (nSPS) is 11.9. The Labute approximate surface area is 169 Å². The summed E-state index contributed by atoms with van der Waals surface area (Å²) in [5, 5.41) is 11.9. The van der Waals surface area contributed by atoms with Crippen LogP contribution in [0.5, 0.6) is 0 Å². The van der Waals surface area contributed by atoms with Crippen molar-refractivity contribution in [3.8, 4) is 11.1 Å². The lowest BCUT2D eigenvalue weighted by molar-refractivity contribution is -0.117. The minimum atomic E-state index is -0.687. The molecule has 1 aromatic carbocycles. The number of rotatable bonds is 5. The van der Waals surface area contributed by atoms with E-state index in [2.05, 4.69) is 31.7 Å². The maximum atomic E-state index is 12.6. The Morgan fingerprint density at radius 3 is 2.56 bits per heavy atom. The molecule has 0 aliphatic rings. The molecular weight excluding hydrogens is 428 g/mol. The van der Waals surface area contributed by atoms with Crippen molar-refractivity contribution in [2.45, 2.75) is 19.9 Å². The van der Waals surface area contributed by atoms with Crippen molar-refractivity contribution in [2.75, 3.05) is 5.32 Å². The summed E-state index contributed by atoms with van der Waals surface area (Å²) in [6, 6.07) is 10.6. The molecule has 8 heteroatoms. The van der Waals surface area contributed by atoms with Crippen LogP contribution in [0, 0.1) is 6.92 Å². The minimum absolute atomic E-state index is 0.262. The van der Waals surface area contributed by atoms with Gasteiger partial charge in [-0.25, -0.2) is 0 Å². The van der Waals surface area contributed by atoms with Gasteiger partial charge in [0.1, 0.15) is 11.9 Å². The van der Waals surface area contributed by atoms with Gasteiger partial charge in [0.05, 0.1) is 10.6 Å². The van der Waals surface area contributed by atoms with Crippen molar-refractivity contribution < 1.29 is 9.59 Å². The molecule has 140 valence electrons. The topological polar surface area (TPSA) is 76.0 Å². The Hall–Kier alpha value is -2.45. The van der Waals surface area contributed by atoms with E-state index >= 15 is 0 Å². The van der Waals surface area contributed by atoms with Crippen molar-refractivity contribution in [3.05, 3.63) is 56.8 Å². The summed E-state index contributed by atoms with van der Waals surface area (Å²) < 4.78 is 2.61. The first-order chi connectivity index (χ1) is 12.9. The molecule has 1 unspecified atom stereocenters. The number of carbonyl (C=O) groups is 2. The van der Waals surface area contributed by atoms with Crippen molar-refractivity contribution in [1.82, 2.24) is 15.1 Å². The molecule has 2 amide bonds. The highest BCUT2D eigenvalue weighted by Gasteiger charge is 2.22. The van der Waals surface area contributed by atoms with Crippen molar-refractivity contribution >= 4 is 44.9 Å². The molecule has 0 aliphatic heterocycles. The molecule has 2 aromatic heterocycles.